The maximum atomic E-state index is 13.9. The lowest BCUT2D eigenvalue weighted by atomic mass is 10.1. The van der Waals surface area contributed by atoms with Gasteiger partial charge in [0, 0.05) is 0 Å². The molecule has 0 bridgehead atoms. The van der Waals surface area contributed by atoms with Crippen LogP contribution in [0.2, 0.25) is 0 Å². The van der Waals surface area contributed by atoms with Gasteiger partial charge in [-0.05, 0) is 55.8 Å². The summed E-state index contributed by atoms with van der Waals surface area (Å²) in [5.74, 6) is -0.788. The molecule has 0 unspecified atom stereocenters. The topological polar surface area (TPSA) is 69.0 Å². The Morgan fingerprint density at radius 1 is 1.19 bits per heavy atom. The summed E-state index contributed by atoms with van der Waals surface area (Å²) in [6, 6.07) is 9.70. The molecule has 27 heavy (non-hydrogen) atoms. The lowest BCUT2D eigenvalue weighted by Crippen LogP contribution is -2.27. The first-order valence-electron chi connectivity index (χ1n) is 8.23. The molecule has 0 aliphatic rings. The van der Waals surface area contributed by atoms with E-state index in [0.29, 0.717) is 17.1 Å². The van der Waals surface area contributed by atoms with Gasteiger partial charge in [0.15, 0.2) is 11.6 Å². The lowest BCUT2D eigenvalue weighted by molar-refractivity contribution is 0.0929. The van der Waals surface area contributed by atoms with Gasteiger partial charge in [-0.25, -0.2) is 18.4 Å². The van der Waals surface area contributed by atoms with E-state index >= 15 is 0 Å². The zero-order chi connectivity index (χ0) is 19.6. The van der Waals surface area contributed by atoms with E-state index in [-0.39, 0.29) is 17.4 Å². The summed E-state index contributed by atoms with van der Waals surface area (Å²) in [6.45, 7) is 3.42. The Labute approximate surface area is 154 Å². The normalized spacial score (nSPS) is 11.9. The van der Waals surface area contributed by atoms with Crippen molar-refractivity contribution in [2.45, 2.75) is 19.9 Å². The van der Waals surface area contributed by atoms with Gasteiger partial charge in [-0.2, -0.15) is 0 Å². The summed E-state index contributed by atoms with van der Waals surface area (Å²) in [6.07, 6.45) is 0. The van der Waals surface area contributed by atoms with E-state index in [0.717, 1.165) is 0 Å². The Kier molecular flexibility index (Phi) is 5.16. The molecule has 0 spiro atoms. The molecule has 1 heterocycles. The SMILES string of the molecule is COc1ccc([C@@H](C)NC(=O)c2nc(C)n(-c3ccc(F)cc3)n2)cc1F. The average molecular weight is 372 g/mol. The molecule has 1 N–H and O–H groups in total. The highest BCUT2D eigenvalue weighted by molar-refractivity contribution is 5.90. The number of carbonyl (C=O) groups is 1. The van der Waals surface area contributed by atoms with Crippen molar-refractivity contribution in [3.63, 3.8) is 0 Å². The zero-order valence-electron chi connectivity index (χ0n) is 15.0. The van der Waals surface area contributed by atoms with Gasteiger partial charge in [0.05, 0.1) is 18.8 Å². The van der Waals surface area contributed by atoms with E-state index in [1.54, 1.807) is 32.0 Å². The number of aryl methyl sites for hydroxylation is 1. The first-order chi connectivity index (χ1) is 12.9. The van der Waals surface area contributed by atoms with Crippen molar-refractivity contribution >= 4 is 5.91 Å². The predicted octanol–water partition coefficient (Wildman–Crippen LogP) is 3.35. The molecule has 0 aliphatic carbocycles. The highest BCUT2D eigenvalue weighted by atomic mass is 19.1. The van der Waals surface area contributed by atoms with E-state index in [4.69, 9.17) is 4.74 Å². The maximum Gasteiger partial charge on any atom is 0.291 e. The maximum absolute atomic E-state index is 13.9. The molecule has 2 aromatic carbocycles. The smallest absolute Gasteiger partial charge is 0.291 e. The third-order valence-electron chi connectivity index (χ3n) is 4.07. The van der Waals surface area contributed by atoms with Gasteiger partial charge in [-0.15, -0.1) is 5.10 Å². The molecule has 3 rings (SSSR count). The van der Waals surface area contributed by atoms with Crippen LogP contribution in [0.15, 0.2) is 42.5 Å². The fourth-order valence-electron chi connectivity index (χ4n) is 2.61. The van der Waals surface area contributed by atoms with Gasteiger partial charge in [0.2, 0.25) is 5.82 Å². The Morgan fingerprint density at radius 2 is 1.89 bits per heavy atom. The predicted molar refractivity (Wildman–Crippen MR) is 94.9 cm³/mol. The molecule has 140 valence electrons. The second kappa shape index (κ2) is 7.53. The number of halogens is 2. The first kappa shape index (κ1) is 18.5. The monoisotopic (exact) mass is 372 g/mol. The minimum Gasteiger partial charge on any atom is -0.494 e. The van der Waals surface area contributed by atoms with Gasteiger partial charge in [0.25, 0.3) is 5.91 Å². The van der Waals surface area contributed by atoms with Gasteiger partial charge < -0.3 is 10.1 Å². The van der Waals surface area contributed by atoms with Crippen molar-refractivity contribution in [3.8, 4) is 11.4 Å². The van der Waals surface area contributed by atoms with Gasteiger partial charge in [-0.1, -0.05) is 6.07 Å². The quantitative estimate of drug-likeness (QED) is 0.746. The molecular formula is C19H18F2N4O2. The highest BCUT2D eigenvalue weighted by Gasteiger charge is 2.18. The summed E-state index contributed by atoms with van der Waals surface area (Å²) in [5.41, 5.74) is 1.17. The third-order valence-corrected chi connectivity index (χ3v) is 4.07. The van der Waals surface area contributed by atoms with Crippen molar-refractivity contribution in [2.75, 3.05) is 7.11 Å². The van der Waals surface area contributed by atoms with Crippen LogP contribution in [0.4, 0.5) is 8.78 Å². The number of hydrogen-bond acceptors (Lipinski definition) is 4. The molecule has 8 heteroatoms. The van der Waals surface area contributed by atoms with E-state index in [1.165, 1.54) is 36.1 Å². The fourth-order valence-corrected chi connectivity index (χ4v) is 2.61. The van der Waals surface area contributed by atoms with Crippen molar-refractivity contribution in [1.29, 1.82) is 0 Å². The van der Waals surface area contributed by atoms with Crippen molar-refractivity contribution in [2.24, 2.45) is 0 Å². The molecule has 1 atom stereocenters. The number of amides is 1. The van der Waals surface area contributed by atoms with E-state index in [9.17, 15) is 13.6 Å². The van der Waals surface area contributed by atoms with E-state index in [2.05, 4.69) is 15.4 Å². The van der Waals surface area contributed by atoms with Crippen LogP contribution >= 0.6 is 0 Å². The molecule has 0 aliphatic heterocycles. The Hall–Kier alpha value is -3.29. The van der Waals surface area contributed by atoms with Crippen molar-refractivity contribution < 1.29 is 18.3 Å². The van der Waals surface area contributed by atoms with E-state index < -0.39 is 17.8 Å². The third kappa shape index (κ3) is 3.94. The number of carbonyl (C=O) groups excluding carboxylic acids is 1. The molecule has 0 saturated carbocycles. The summed E-state index contributed by atoms with van der Waals surface area (Å²) < 4.78 is 33.3. The van der Waals surface area contributed by atoms with Gasteiger partial charge >= 0.3 is 0 Å². The minimum absolute atomic E-state index is 0.0299. The van der Waals surface area contributed by atoms with Crippen LogP contribution in [0, 0.1) is 18.6 Å². The number of aromatic nitrogens is 3. The fraction of sp³-hybridized carbons (Fsp3) is 0.211. The number of nitrogens with zero attached hydrogens (tertiary/aromatic N) is 3. The molecular weight excluding hydrogens is 354 g/mol. The number of nitrogens with one attached hydrogen (secondary N) is 1. The largest absolute Gasteiger partial charge is 0.494 e. The van der Waals surface area contributed by atoms with E-state index in [1.807, 2.05) is 0 Å². The van der Waals surface area contributed by atoms with Crippen LogP contribution in [0.25, 0.3) is 5.69 Å². The minimum atomic E-state index is -0.509. The Balaban J connectivity index is 1.77. The van der Waals surface area contributed by atoms with Gasteiger partial charge in [-0.3, -0.25) is 4.79 Å². The number of benzene rings is 2. The molecule has 0 saturated heterocycles. The summed E-state index contributed by atoms with van der Waals surface area (Å²) in [7, 11) is 1.38. The van der Waals surface area contributed by atoms with Crippen LogP contribution in [0.3, 0.4) is 0 Å². The number of methoxy groups -OCH3 is 1. The summed E-state index contributed by atoms with van der Waals surface area (Å²) >= 11 is 0. The van der Waals surface area contributed by atoms with Crippen LogP contribution in [0.5, 0.6) is 5.75 Å². The zero-order valence-corrected chi connectivity index (χ0v) is 15.0. The summed E-state index contributed by atoms with van der Waals surface area (Å²) in [5, 5.41) is 6.91. The van der Waals surface area contributed by atoms with Crippen LogP contribution < -0.4 is 10.1 Å². The molecule has 6 nitrogen and oxygen atoms in total. The lowest BCUT2D eigenvalue weighted by Gasteiger charge is -2.14. The number of rotatable bonds is 5. The molecule has 0 fully saturated rings. The number of ether oxygens (including phenoxy) is 1. The Bertz CT molecular complexity index is 970. The van der Waals surface area contributed by atoms with Crippen LogP contribution in [0.1, 0.15) is 35.0 Å². The highest BCUT2D eigenvalue weighted by Crippen LogP contribution is 2.22. The number of hydrogen-bond donors (Lipinski definition) is 1. The van der Waals surface area contributed by atoms with Crippen LogP contribution in [-0.4, -0.2) is 27.8 Å². The first-order valence-corrected chi connectivity index (χ1v) is 8.23. The molecule has 1 aromatic heterocycles. The standard InChI is InChI=1S/C19H18F2N4O2/c1-11(13-4-9-17(27-3)16(21)10-13)22-19(26)18-23-12(2)25(24-18)15-7-5-14(20)6-8-15/h4-11H,1-3H3,(H,22,26)/t11-/m1/s1. The van der Waals surface area contributed by atoms with Gasteiger partial charge in [0.1, 0.15) is 11.6 Å². The second-order valence-electron chi connectivity index (χ2n) is 5.96. The van der Waals surface area contributed by atoms with Crippen molar-refractivity contribution in [3.05, 3.63) is 71.3 Å². The van der Waals surface area contributed by atoms with Crippen molar-refractivity contribution in [1.82, 2.24) is 20.1 Å². The summed E-state index contributed by atoms with van der Waals surface area (Å²) in [4.78, 5) is 16.6. The molecule has 3 aromatic rings. The van der Waals surface area contributed by atoms with Crippen LogP contribution in [-0.2, 0) is 0 Å². The molecule has 1 amide bonds. The molecule has 0 radical (unpaired) electrons. The second-order valence-corrected chi connectivity index (χ2v) is 5.96. The average Bonchev–Trinajstić information content (AvgIpc) is 3.04. The Morgan fingerprint density at radius 3 is 2.52 bits per heavy atom.